The Morgan fingerprint density at radius 2 is 1.85 bits per heavy atom. The van der Waals surface area contributed by atoms with Crippen LogP contribution in [0.2, 0.25) is 0 Å². The average Bonchev–Trinajstić information content (AvgIpc) is 3.09. The Labute approximate surface area is 153 Å². The molecule has 0 bridgehead atoms. The molecule has 1 unspecified atom stereocenters. The van der Waals surface area contributed by atoms with Gasteiger partial charge in [0.15, 0.2) is 17.3 Å². The van der Waals surface area contributed by atoms with Gasteiger partial charge in [0.2, 0.25) is 0 Å². The van der Waals surface area contributed by atoms with Crippen molar-refractivity contribution in [2.24, 2.45) is 0 Å². The SMILES string of the molecule is O=C(CCN1CCC(O)(c2ccccc2)C1)c1ccc2c(c1)OCCO2. The molecule has 2 aliphatic rings. The van der Waals surface area contributed by atoms with Crippen molar-refractivity contribution >= 4 is 5.78 Å². The Morgan fingerprint density at radius 3 is 2.65 bits per heavy atom. The van der Waals surface area contributed by atoms with Crippen LogP contribution in [0.15, 0.2) is 48.5 Å². The van der Waals surface area contributed by atoms with Crippen LogP contribution >= 0.6 is 0 Å². The first-order valence-electron chi connectivity index (χ1n) is 9.07. The van der Waals surface area contributed by atoms with E-state index in [1.165, 1.54) is 0 Å². The molecule has 2 heterocycles. The number of carbonyl (C=O) groups excluding carboxylic acids is 1. The van der Waals surface area contributed by atoms with Gasteiger partial charge in [-0.2, -0.15) is 0 Å². The molecule has 0 aromatic heterocycles. The lowest BCUT2D eigenvalue weighted by Gasteiger charge is -2.24. The van der Waals surface area contributed by atoms with Crippen molar-refractivity contribution in [1.82, 2.24) is 4.90 Å². The molecule has 0 aliphatic carbocycles. The van der Waals surface area contributed by atoms with Gasteiger partial charge >= 0.3 is 0 Å². The van der Waals surface area contributed by atoms with Crippen molar-refractivity contribution in [3.63, 3.8) is 0 Å². The van der Waals surface area contributed by atoms with Crippen LogP contribution in [0.25, 0.3) is 0 Å². The molecule has 5 nitrogen and oxygen atoms in total. The van der Waals surface area contributed by atoms with Crippen molar-refractivity contribution in [3.8, 4) is 11.5 Å². The third kappa shape index (κ3) is 3.45. The zero-order valence-corrected chi connectivity index (χ0v) is 14.7. The summed E-state index contributed by atoms with van der Waals surface area (Å²) < 4.78 is 11.0. The normalized spacial score (nSPS) is 22.3. The summed E-state index contributed by atoms with van der Waals surface area (Å²) in [5.41, 5.74) is 0.772. The number of nitrogens with zero attached hydrogens (tertiary/aromatic N) is 1. The first-order valence-corrected chi connectivity index (χ1v) is 9.07. The number of likely N-dealkylation sites (tertiary alicyclic amines) is 1. The lowest BCUT2D eigenvalue weighted by molar-refractivity contribution is 0.0457. The van der Waals surface area contributed by atoms with E-state index in [4.69, 9.17) is 9.47 Å². The molecule has 2 aliphatic heterocycles. The quantitative estimate of drug-likeness (QED) is 0.838. The number of carbonyl (C=O) groups is 1. The number of ketones is 1. The van der Waals surface area contributed by atoms with Crippen molar-refractivity contribution in [2.75, 3.05) is 32.8 Å². The summed E-state index contributed by atoms with van der Waals surface area (Å²) in [4.78, 5) is 14.7. The minimum Gasteiger partial charge on any atom is -0.486 e. The first-order chi connectivity index (χ1) is 12.6. The van der Waals surface area contributed by atoms with E-state index in [1.54, 1.807) is 18.2 Å². The summed E-state index contributed by atoms with van der Waals surface area (Å²) in [5, 5.41) is 10.9. The van der Waals surface area contributed by atoms with Crippen molar-refractivity contribution < 1.29 is 19.4 Å². The summed E-state index contributed by atoms with van der Waals surface area (Å²) in [6, 6.07) is 15.1. The van der Waals surface area contributed by atoms with Crippen LogP contribution in [0.1, 0.15) is 28.8 Å². The largest absolute Gasteiger partial charge is 0.486 e. The smallest absolute Gasteiger partial charge is 0.164 e. The zero-order chi connectivity index (χ0) is 18.0. The van der Waals surface area contributed by atoms with Crippen molar-refractivity contribution in [3.05, 3.63) is 59.7 Å². The molecule has 136 valence electrons. The lowest BCUT2D eigenvalue weighted by atomic mass is 9.93. The number of ether oxygens (including phenoxy) is 2. The molecule has 1 saturated heterocycles. The van der Waals surface area contributed by atoms with Crippen LogP contribution in [-0.2, 0) is 5.60 Å². The molecule has 0 saturated carbocycles. The minimum atomic E-state index is -0.818. The predicted octanol–water partition coefficient (Wildman–Crippen LogP) is 2.62. The van der Waals surface area contributed by atoms with Crippen LogP contribution in [0.5, 0.6) is 11.5 Å². The van der Waals surface area contributed by atoms with Crippen LogP contribution in [0.4, 0.5) is 0 Å². The number of hydrogen-bond donors (Lipinski definition) is 1. The Hall–Kier alpha value is -2.37. The Bertz CT molecular complexity index is 792. The molecule has 1 fully saturated rings. The Balaban J connectivity index is 1.35. The fourth-order valence-electron chi connectivity index (χ4n) is 3.67. The summed E-state index contributed by atoms with van der Waals surface area (Å²) in [6.45, 7) is 3.05. The number of rotatable bonds is 5. The van der Waals surface area contributed by atoms with Crippen LogP contribution in [-0.4, -0.2) is 48.6 Å². The summed E-state index contributed by atoms with van der Waals surface area (Å²) in [5.74, 6) is 1.42. The fourth-order valence-corrected chi connectivity index (χ4v) is 3.67. The second-order valence-corrected chi connectivity index (χ2v) is 6.96. The van der Waals surface area contributed by atoms with E-state index in [9.17, 15) is 9.90 Å². The van der Waals surface area contributed by atoms with Gasteiger partial charge in [-0.25, -0.2) is 0 Å². The van der Waals surface area contributed by atoms with E-state index in [1.807, 2.05) is 30.3 Å². The van der Waals surface area contributed by atoms with Gasteiger partial charge in [-0.05, 0) is 30.2 Å². The monoisotopic (exact) mass is 353 g/mol. The minimum absolute atomic E-state index is 0.0807. The highest BCUT2D eigenvalue weighted by molar-refractivity contribution is 5.96. The summed E-state index contributed by atoms with van der Waals surface area (Å²) in [6.07, 6.45) is 1.11. The second kappa shape index (κ2) is 7.09. The maximum Gasteiger partial charge on any atom is 0.164 e. The number of β-amino-alcohol motifs (C(OH)–C–C–N with tert-alkyl or cyclic N) is 1. The van der Waals surface area contributed by atoms with Gasteiger partial charge in [-0.3, -0.25) is 9.69 Å². The first kappa shape index (κ1) is 17.1. The lowest BCUT2D eigenvalue weighted by Crippen LogP contribution is -2.31. The molecule has 2 aromatic rings. The van der Waals surface area contributed by atoms with Gasteiger partial charge in [-0.15, -0.1) is 0 Å². The standard InChI is InChI=1S/C21H23NO4/c23-18(16-6-7-19-20(14-16)26-13-12-25-19)8-10-22-11-9-21(24,15-22)17-4-2-1-3-5-17/h1-7,14,24H,8-13,15H2. The van der Waals surface area contributed by atoms with Crippen LogP contribution in [0, 0.1) is 0 Å². The maximum absolute atomic E-state index is 12.5. The predicted molar refractivity (Wildman–Crippen MR) is 97.8 cm³/mol. The molecule has 1 atom stereocenters. The molecular formula is C21H23NO4. The van der Waals surface area contributed by atoms with Gasteiger partial charge in [0.05, 0.1) is 0 Å². The van der Waals surface area contributed by atoms with E-state index in [2.05, 4.69) is 4.90 Å². The zero-order valence-electron chi connectivity index (χ0n) is 14.7. The molecule has 5 heteroatoms. The number of fused-ring (bicyclic) bond motifs is 1. The highest BCUT2D eigenvalue weighted by Gasteiger charge is 2.37. The highest BCUT2D eigenvalue weighted by atomic mass is 16.6. The second-order valence-electron chi connectivity index (χ2n) is 6.96. The van der Waals surface area contributed by atoms with Gasteiger partial charge in [0, 0.05) is 31.6 Å². The molecule has 0 amide bonds. The molecule has 0 radical (unpaired) electrons. The van der Waals surface area contributed by atoms with Gasteiger partial charge < -0.3 is 14.6 Å². The van der Waals surface area contributed by atoms with Crippen LogP contribution < -0.4 is 9.47 Å². The van der Waals surface area contributed by atoms with E-state index in [0.29, 0.717) is 56.2 Å². The topological polar surface area (TPSA) is 59.0 Å². The number of aliphatic hydroxyl groups is 1. The summed E-state index contributed by atoms with van der Waals surface area (Å²) >= 11 is 0. The molecule has 1 N–H and O–H groups in total. The summed E-state index contributed by atoms with van der Waals surface area (Å²) in [7, 11) is 0. The Kier molecular flexibility index (Phi) is 4.66. The molecule has 26 heavy (non-hydrogen) atoms. The van der Waals surface area contributed by atoms with Crippen LogP contribution in [0.3, 0.4) is 0 Å². The fraction of sp³-hybridized carbons (Fsp3) is 0.381. The molecule has 4 rings (SSSR count). The third-order valence-electron chi connectivity index (χ3n) is 5.16. The van der Waals surface area contributed by atoms with E-state index >= 15 is 0 Å². The third-order valence-corrected chi connectivity index (χ3v) is 5.16. The average molecular weight is 353 g/mol. The molecule has 0 spiro atoms. The Morgan fingerprint density at radius 1 is 1.08 bits per heavy atom. The van der Waals surface area contributed by atoms with E-state index in [0.717, 1.165) is 12.1 Å². The molecular weight excluding hydrogens is 330 g/mol. The van der Waals surface area contributed by atoms with Crippen molar-refractivity contribution in [1.29, 1.82) is 0 Å². The van der Waals surface area contributed by atoms with Crippen molar-refractivity contribution in [2.45, 2.75) is 18.4 Å². The number of hydrogen-bond acceptors (Lipinski definition) is 5. The number of Topliss-reactive ketones (excluding diaryl/α,β-unsaturated/α-hetero) is 1. The van der Waals surface area contributed by atoms with E-state index < -0.39 is 5.60 Å². The van der Waals surface area contributed by atoms with Gasteiger partial charge in [0.25, 0.3) is 0 Å². The number of benzene rings is 2. The molecule has 2 aromatic carbocycles. The van der Waals surface area contributed by atoms with Gasteiger partial charge in [0.1, 0.15) is 18.8 Å². The maximum atomic E-state index is 12.5. The highest BCUT2D eigenvalue weighted by Crippen LogP contribution is 2.33. The van der Waals surface area contributed by atoms with E-state index in [-0.39, 0.29) is 5.78 Å². The van der Waals surface area contributed by atoms with Gasteiger partial charge in [-0.1, -0.05) is 30.3 Å².